The molecule has 0 aromatic rings. The molecule has 0 amide bonds. The molecule has 7 heavy (non-hydrogen) atoms. The first-order chi connectivity index (χ1) is 1.73. The molecule has 0 fully saturated rings. The van der Waals surface area contributed by atoms with E-state index >= 15 is 0 Å². The summed E-state index contributed by atoms with van der Waals surface area (Å²) in [6, 6.07) is 0. The van der Waals surface area contributed by atoms with E-state index in [9.17, 15) is 0 Å². The Bertz CT molecular complexity index is 38.7. The van der Waals surface area contributed by atoms with Crippen molar-refractivity contribution in [1.82, 2.24) is 0 Å². The molecule has 0 rings (SSSR count). The van der Waals surface area contributed by atoms with Gasteiger partial charge in [-0.05, 0) is 0 Å². The van der Waals surface area contributed by atoms with Gasteiger partial charge < -0.3 is 5.11 Å². The van der Waals surface area contributed by atoms with Crippen LogP contribution in [0.4, 0.5) is 0 Å². The molecule has 0 saturated heterocycles. The van der Waals surface area contributed by atoms with Crippen molar-refractivity contribution in [2.75, 3.05) is 0 Å². The Labute approximate surface area is 73.5 Å². The predicted octanol–water partition coefficient (Wildman–Crippen LogP) is 0.664. The predicted molar refractivity (Wildman–Crippen MR) is 23.6 cm³/mol. The average molecular weight is 256 g/mol. The minimum Gasteiger partial charge on any atom is -0.481 e. The van der Waals surface area contributed by atoms with E-state index in [1.54, 1.807) is 0 Å². The van der Waals surface area contributed by atoms with Gasteiger partial charge in [-0.15, -0.1) is 17.0 Å². The monoisotopic (exact) mass is 255 g/mol. The topological polar surface area (TPSA) is 37.3 Å². The second kappa shape index (κ2) is 15.8. The Morgan fingerprint density at radius 2 is 1.57 bits per heavy atom. The molecule has 5 heteroatoms. The van der Waals surface area contributed by atoms with Crippen molar-refractivity contribution in [3.8, 4) is 0 Å². The third-order valence-corrected chi connectivity index (χ3v) is 0. The maximum absolute atomic E-state index is 9.00. The fourth-order valence-corrected chi connectivity index (χ4v) is 0. The number of hydrogen-bond acceptors (Lipinski definition) is 1. The van der Waals surface area contributed by atoms with Crippen LogP contribution in [-0.2, 0) is 38.6 Å². The van der Waals surface area contributed by atoms with Crippen LogP contribution in [-0.4, -0.2) is 11.1 Å². The van der Waals surface area contributed by atoms with E-state index in [0.717, 1.165) is 6.92 Å². The van der Waals surface area contributed by atoms with Gasteiger partial charge in [-0.3, -0.25) is 4.79 Å². The molecule has 0 bridgehead atoms. The summed E-state index contributed by atoms with van der Waals surface area (Å²) in [6.07, 6.45) is 0. The van der Waals surface area contributed by atoms with E-state index < -0.39 is 5.97 Å². The first-order valence-corrected chi connectivity index (χ1v) is 0.928. The Morgan fingerprint density at radius 1 is 1.57 bits per heavy atom. The van der Waals surface area contributed by atoms with Crippen LogP contribution in [0.2, 0.25) is 0 Å². The Kier molecular flexibility index (Phi) is 55.3. The number of aliphatic carboxylic acids is 1. The maximum Gasteiger partial charge on any atom is 0.300 e. The molecule has 0 aliphatic carbocycles. The van der Waals surface area contributed by atoms with Gasteiger partial charge in [0.2, 0.25) is 0 Å². The summed E-state index contributed by atoms with van der Waals surface area (Å²) in [5, 5.41) is 7.42. The third kappa shape index (κ3) is 181. The van der Waals surface area contributed by atoms with E-state index in [2.05, 4.69) is 0 Å². The van der Waals surface area contributed by atoms with Crippen molar-refractivity contribution in [3.05, 3.63) is 0 Å². The van der Waals surface area contributed by atoms with Gasteiger partial charge in [-0.25, -0.2) is 0 Å². The zero-order valence-corrected chi connectivity index (χ0v) is 7.31. The molecule has 0 atom stereocenters. The summed E-state index contributed by atoms with van der Waals surface area (Å²) in [5.74, 6) is -0.833. The van der Waals surface area contributed by atoms with Crippen LogP contribution in [0.5, 0.6) is 0 Å². The summed E-state index contributed by atoms with van der Waals surface area (Å²) in [7, 11) is 0. The fraction of sp³-hybridized carbons (Fsp3) is 0.500. The molecule has 0 aliphatic rings. The van der Waals surface area contributed by atoms with E-state index in [1.807, 2.05) is 0 Å². The van der Waals surface area contributed by atoms with Gasteiger partial charge in [0.15, 0.2) is 0 Å². The van der Waals surface area contributed by atoms with Gasteiger partial charge in [0.05, 0.1) is 0 Å². The second-order valence-corrected chi connectivity index (χ2v) is 0.519. The summed E-state index contributed by atoms with van der Waals surface area (Å²) in [4.78, 5) is 9.00. The molecule has 0 heterocycles. The van der Waals surface area contributed by atoms with Crippen LogP contribution >= 0.6 is 17.0 Å². The zero-order valence-electron chi connectivity index (χ0n) is 3.45. The average Bonchev–Trinajstić information content (AvgIpc) is 0.811. The fourth-order valence-electron chi connectivity index (χ4n) is 0. The maximum atomic E-state index is 9.00. The van der Waals surface area contributed by atoms with Crippen molar-refractivity contribution in [2.24, 2.45) is 0 Å². The first-order valence-electron chi connectivity index (χ1n) is 0.928. The summed E-state index contributed by atoms with van der Waals surface area (Å²) in [5.41, 5.74) is 0. The van der Waals surface area contributed by atoms with Gasteiger partial charge in [0.1, 0.15) is 0 Å². The van der Waals surface area contributed by atoms with Crippen LogP contribution in [0, 0.1) is 0 Å². The molecular formula is C2H5BrCoFeO2. The van der Waals surface area contributed by atoms with Crippen molar-refractivity contribution in [1.29, 1.82) is 0 Å². The van der Waals surface area contributed by atoms with Crippen LogP contribution < -0.4 is 0 Å². The minimum absolute atomic E-state index is 0. The molecule has 2 nitrogen and oxygen atoms in total. The molecule has 0 aliphatic heterocycles. The molecule has 0 spiro atoms. The normalized spacial score (nSPS) is 3.57. The van der Waals surface area contributed by atoms with E-state index in [0.29, 0.717) is 0 Å². The van der Waals surface area contributed by atoms with Gasteiger partial charge >= 0.3 is 0 Å². The minimum atomic E-state index is -0.833. The van der Waals surface area contributed by atoms with E-state index in [1.165, 1.54) is 0 Å². The number of halogens is 1. The van der Waals surface area contributed by atoms with Crippen molar-refractivity contribution < 1.29 is 43.7 Å². The summed E-state index contributed by atoms with van der Waals surface area (Å²) in [6.45, 7) is 1.08. The molecular weight excluding hydrogens is 251 g/mol. The summed E-state index contributed by atoms with van der Waals surface area (Å²) < 4.78 is 0. The van der Waals surface area contributed by atoms with Crippen molar-refractivity contribution >= 4 is 23.0 Å². The zero-order chi connectivity index (χ0) is 3.58. The van der Waals surface area contributed by atoms with Crippen LogP contribution in [0.3, 0.4) is 0 Å². The van der Waals surface area contributed by atoms with Gasteiger partial charge in [-0.2, -0.15) is 0 Å². The Morgan fingerprint density at radius 3 is 1.57 bits per heavy atom. The SMILES string of the molecule is Br.CC(=O)O.[Co].[Fe]. The quantitative estimate of drug-likeness (QED) is 0.646. The number of carbonyl (C=O) groups is 1. The molecule has 0 aromatic heterocycles. The number of carboxylic acids is 1. The molecule has 1 N–H and O–H groups in total. The number of carboxylic acid groups (broad SMARTS) is 1. The largest absolute Gasteiger partial charge is 0.481 e. The Balaban J connectivity index is -0.0000000150. The summed E-state index contributed by atoms with van der Waals surface area (Å²) >= 11 is 0. The molecule has 0 aromatic carbocycles. The van der Waals surface area contributed by atoms with E-state index in [-0.39, 0.29) is 50.8 Å². The number of rotatable bonds is 0. The molecule has 0 saturated carbocycles. The smallest absolute Gasteiger partial charge is 0.300 e. The van der Waals surface area contributed by atoms with Crippen molar-refractivity contribution in [3.63, 3.8) is 0 Å². The third-order valence-electron chi connectivity index (χ3n) is 0. The molecule has 0 unspecified atom stereocenters. The second-order valence-electron chi connectivity index (χ2n) is 0.519. The van der Waals surface area contributed by atoms with E-state index in [4.69, 9.17) is 9.90 Å². The molecule has 49 valence electrons. The van der Waals surface area contributed by atoms with Gasteiger partial charge in [0.25, 0.3) is 5.97 Å². The first kappa shape index (κ1) is 24.6. The van der Waals surface area contributed by atoms with Crippen LogP contribution in [0.15, 0.2) is 0 Å². The van der Waals surface area contributed by atoms with Gasteiger partial charge in [-0.1, -0.05) is 0 Å². The Hall–Kier alpha value is 0.976. The molecule has 1 radical (unpaired) electrons. The van der Waals surface area contributed by atoms with Gasteiger partial charge in [0, 0.05) is 40.8 Å². The number of hydrogen-bond donors (Lipinski definition) is 1. The van der Waals surface area contributed by atoms with Crippen LogP contribution in [0.1, 0.15) is 6.92 Å². The van der Waals surface area contributed by atoms with Crippen LogP contribution in [0.25, 0.3) is 0 Å². The standard InChI is InChI=1S/C2H4O2.BrH.Co.Fe/c1-2(3)4;;;/h1H3,(H,3,4);1H;;. The van der Waals surface area contributed by atoms with Crippen molar-refractivity contribution in [2.45, 2.75) is 6.92 Å².